The van der Waals surface area contributed by atoms with Crippen LogP contribution in [-0.4, -0.2) is 35.3 Å². The van der Waals surface area contributed by atoms with Gasteiger partial charge in [-0.15, -0.1) is 23.5 Å². The molecule has 162 valence electrons. The monoisotopic (exact) mass is 454 g/mol. The fourth-order valence-corrected chi connectivity index (χ4v) is 4.19. The quantitative estimate of drug-likeness (QED) is 0.234. The number of benzene rings is 3. The number of thioether (sulfide) groups is 2. The molecule has 0 unspecified atom stereocenters. The number of hydrogen-bond donors (Lipinski definition) is 2. The van der Waals surface area contributed by atoms with Crippen LogP contribution in [0.15, 0.2) is 82.6 Å². The molecule has 0 radical (unpaired) electrons. The van der Waals surface area contributed by atoms with Crippen molar-refractivity contribution in [2.45, 2.75) is 28.2 Å². The molecule has 0 aliphatic carbocycles. The van der Waals surface area contributed by atoms with Crippen LogP contribution in [0.5, 0.6) is 5.75 Å². The van der Waals surface area contributed by atoms with Gasteiger partial charge in [0, 0.05) is 16.2 Å². The van der Waals surface area contributed by atoms with Crippen LogP contribution >= 0.6 is 23.5 Å². The molecule has 2 N–H and O–H groups in total. The van der Waals surface area contributed by atoms with Crippen molar-refractivity contribution in [1.82, 2.24) is 0 Å². The van der Waals surface area contributed by atoms with Crippen molar-refractivity contribution in [1.29, 1.82) is 0 Å². The molecule has 3 aromatic carbocycles. The smallest absolute Gasteiger partial charge is 0.303 e. The van der Waals surface area contributed by atoms with Crippen LogP contribution in [0.25, 0.3) is 0 Å². The van der Waals surface area contributed by atoms with Gasteiger partial charge in [0.25, 0.3) is 0 Å². The molecule has 3 aromatic rings. The summed E-state index contributed by atoms with van der Waals surface area (Å²) >= 11 is 3.32. The Bertz CT molecular complexity index is 936. The standard InChI is InChI=1S/C25H26O4S2/c1-30-22-13-7-19(8-14-22)25(28,20-9-15-23(31-2)16-10-20)18-5-11-21(12-6-18)29-17-3-4-24(26)27/h5-16,28H,3-4,17H2,1-2H3,(H,26,27). The van der Waals surface area contributed by atoms with Crippen molar-refractivity contribution in [2.75, 3.05) is 19.1 Å². The highest BCUT2D eigenvalue weighted by Gasteiger charge is 2.33. The lowest BCUT2D eigenvalue weighted by Gasteiger charge is -2.30. The number of rotatable bonds is 10. The maximum absolute atomic E-state index is 12.0. The first-order valence-corrected chi connectivity index (χ1v) is 12.4. The van der Waals surface area contributed by atoms with E-state index in [1.807, 2.05) is 85.3 Å². The van der Waals surface area contributed by atoms with E-state index in [9.17, 15) is 9.90 Å². The summed E-state index contributed by atoms with van der Waals surface area (Å²) in [4.78, 5) is 12.9. The highest BCUT2D eigenvalue weighted by molar-refractivity contribution is 7.98. The summed E-state index contributed by atoms with van der Waals surface area (Å²) in [6.45, 7) is 0.336. The molecule has 4 nitrogen and oxygen atoms in total. The van der Waals surface area contributed by atoms with Gasteiger partial charge in [-0.25, -0.2) is 0 Å². The van der Waals surface area contributed by atoms with Crippen molar-refractivity contribution >= 4 is 29.5 Å². The lowest BCUT2D eigenvalue weighted by Crippen LogP contribution is -2.28. The molecule has 0 bridgehead atoms. The Morgan fingerprint density at radius 2 is 1.23 bits per heavy atom. The topological polar surface area (TPSA) is 66.8 Å². The van der Waals surface area contributed by atoms with Crippen LogP contribution in [-0.2, 0) is 10.4 Å². The molecule has 0 spiro atoms. The number of carboxylic acids is 1. The van der Waals surface area contributed by atoms with E-state index in [-0.39, 0.29) is 6.42 Å². The molecule has 6 heteroatoms. The number of hydrogen-bond acceptors (Lipinski definition) is 5. The fourth-order valence-electron chi connectivity index (χ4n) is 3.37. The maximum Gasteiger partial charge on any atom is 0.303 e. The zero-order valence-electron chi connectivity index (χ0n) is 17.6. The first kappa shape index (κ1) is 23.3. The lowest BCUT2D eigenvalue weighted by molar-refractivity contribution is -0.137. The van der Waals surface area contributed by atoms with Crippen LogP contribution in [0.2, 0.25) is 0 Å². The summed E-state index contributed by atoms with van der Waals surface area (Å²) < 4.78 is 5.65. The minimum absolute atomic E-state index is 0.0793. The van der Waals surface area contributed by atoms with Gasteiger partial charge in [-0.2, -0.15) is 0 Å². The van der Waals surface area contributed by atoms with E-state index < -0.39 is 11.6 Å². The Morgan fingerprint density at radius 3 is 1.61 bits per heavy atom. The molecule has 0 heterocycles. The Labute approximate surface area is 191 Å². The number of carbonyl (C=O) groups is 1. The van der Waals surface area contributed by atoms with Gasteiger partial charge in [-0.05, 0) is 72.0 Å². The number of carboxylic acid groups (broad SMARTS) is 1. The minimum Gasteiger partial charge on any atom is -0.494 e. The molecule has 0 aliphatic rings. The molecule has 0 atom stereocenters. The summed E-state index contributed by atoms with van der Waals surface area (Å²) in [7, 11) is 0. The molecule has 0 aromatic heterocycles. The molecule has 0 amide bonds. The predicted octanol–water partition coefficient (Wildman–Crippen LogP) is 5.66. The molecule has 0 saturated carbocycles. The fraction of sp³-hybridized carbons (Fsp3) is 0.240. The third-order valence-electron chi connectivity index (χ3n) is 5.09. The van der Waals surface area contributed by atoms with Gasteiger partial charge >= 0.3 is 5.97 Å². The van der Waals surface area contributed by atoms with Crippen molar-refractivity contribution < 1.29 is 19.7 Å². The first-order chi connectivity index (χ1) is 15.0. The van der Waals surface area contributed by atoms with Crippen molar-refractivity contribution in [3.8, 4) is 5.75 Å². The van der Waals surface area contributed by atoms with E-state index >= 15 is 0 Å². The molecule has 0 saturated heterocycles. The molecular formula is C25H26O4S2. The summed E-state index contributed by atoms with van der Waals surface area (Å²) in [6, 6.07) is 23.3. The molecule has 0 fully saturated rings. The second kappa shape index (κ2) is 10.8. The lowest BCUT2D eigenvalue weighted by atomic mass is 9.80. The predicted molar refractivity (Wildman–Crippen MR) is 127 cm³/mol. The van der Waals surface area contributed by atoms with E-state index in [1.54, 1.807) is 23.5 Å². The van der Waals surface area contributed by atoms with E-state index in [0.29, 0.717) is 18.8 Å². The van der Waals surface area contributed by atoms with Gasteiger partial charge in [-0.1, -0.05) is 36.4 Å². The average Bonchev–Trinajstić information content (AvgIpc) is 2.81. The van der Waals surface area contributed by atoms with E-state index in [1.165, 1.54) is 0 Å². The first-order valence-electron chi connectivity index (χ1n) is 9.94. The summed E-state index contributed by atoms with van der Waals surface area (Å²) in [6.07, 6.45) is 4.58. The Kier molecular flexibility index (Phi) is 8.07. The van der Waals surface area contributed by atoms with E-state index in [4.69, 9.17) is 9.84 Å². The zero-order chi connectivity index (χ0) is 22.3. The van der Waals surface area contributed by atoms with Gasteiger partial charge in [0.1, 0.15) is 11.4 Å². The van der Waals surface area contributed by atoms with Gasteiger partial charge in [0.05, 0.1) is 6.61 Å². The largest absolute Gasteiger partial charge is 0.494 e. The second-order valence-electron chi connectivity index (χ2n) is 7.04. The van der Waals surface area contributed by atoms with Crippen LogP contribution in [0.1, 0.15) is 29.5 Å². The summed E-state index contributed by atoms with van der Waals surface area (Å²) in [5, 5.41) is 20.7. The van der Waals surface area contributed by atoms with Crippen LogP contribution in [0.4, 0.5) is 0 Å². The molecule has 31 heavy (non-hydrogen) atoms. The second-order valence-corrected chi connectivity index (χ2v) is 8.80. The Hall–Kier alpha value is -2.41. The summed E-state index contributed by atoms with van der Waals surface area (Å²) in [5.74, 6) is -0.184. The van der Waals surface area contributed by atoms with E-state index in [0.717, 1.165) is 26.5 Å². The zero-order valence-corrected chi connectivity index (χ0v) is 19.2. The van der Waals surface area contributed by atoms with E-state index in [2.05, 4.69) is 0 Å². The summed E-state index contributed by atoms with van der Waals surface area (Å²) in [5.41, 5.74) is 1.00. The van der Waals surface area contributed by atoms with Crippen LogP contribution < -0.4 is 4.74 Å². The molecule has 3 rings (SSSR count). The van der Waals surface area contributed by atoms with Gasteiger partial charge in [0.2, 0.25) is 0 Å². The Morgan fingerprint density at radius 1 is 0.806 bits per heavy atom. The highest BCUT2D eigenvalue weighted by atomic mass is 32.2. The number of aliphatic hydroxyl groups is 1. The average molecular weight is 455 g/mol. The normalized spacial score (nSPS) is 11.3. The Balaban J connectivity index is 1.92. The van der Waals surface area contributed by atoms with Gasteiger partial charge in [-0.3, -0.25) is 4.79 Å². The van der Waals surface area contributed by atoms with Gasteiger partial charge < -0.3 is 14.9 Å². The number of ether oxygens (including phenoxy) is 1. The van der Waals surface area contributed by atoms with Crippen molar-refractivity contribution in [3.63, 3.8) is 0 Å². The number of aliphatic carboxylic acids is 1. The molecular weight excluding hydrogens is 428 g/mol. The minimum atomic E-state index is -1.31. The highest BCUT2D eigenvalue weighted by Crippen LogP contribution is 2.38. The van der Waals surface area contributed by atoms with Crippen LogP contribution in [0.3, 0.4) is 0 Å². The van der Waals surface area contributed by atoms with Crippen LogP contribution in [0, 0.1) is 0 Å². The SMILES string of the molecule is CSc1ccc(C(O)(c2ccc(OCCCC(=O)O)cc2)c2ccc(SC)cc2)cc1. The maximum atomic E-state index is 12.0. The molecule has 0 aliphatic heterocycles. The van der Waals surface area contributed by atoms with Gasteiger partial charge in [0.15, 0.2) is 0 Å². The third kappa shape index (κ3) is 5.64. The van der Waals surface area contributed by atoms with Crippen molar-refractivity contribution in [3.05, 3.63) is 89.5 Å². The third-order valence-corrected chi connectivity index (χ3v) is 6.58. The van der Waals surface area contributed by atoms with Crippen molar-refractivity contribution in [2.24, 2.45) is 0 Å².